The first-order valence-electron chi connectivity index (χ1n) is 9.98. The molecule has 0 radical (unpaired) electrons. The number of rotatable bonds is 8. The van der Waals surface area contributed by atoms with E-state index in [0.717, 1.165) is 18.5 Å². The van der Waals surface area contributed by atoms with Crippen LogP contribution in [0.4, 0.5) is 5.69 Å². The van der Waals surface area contributed by atoms with Crippen molar-refractivity contribution in [3.63, 3.8) is 0 Å². The Morgan fingerprint density at radius 3 is 2.65 bits per heavy atom. The quantitative estimate of drug-likeness (QED) is 0.547. The third kappa shape index (κ3) is 4.60. The molecule has 0 saturated heterocycles. The number of nitrogens with one attached hydrogen (secondary N) is 2. The maximum Gasteiger partial charge on any atom is 0.259 e. The highest BCUT2D eigenvalue weighted by atomic mass is 32.2. The monoisotopic (exact) mass is 444 g/mol. The maximum absolute atomic E-state index is 13.0. The number of carbonyl (C=O) groups excluding carboxylic acids is 1. The van der Waals surface area contributed by atoms with Crippen molar-refractivity contribution in [2.75, 3.05) is 19.0 Å². The van der Waals surface area contributed by atoms with Gasteiger partial charge in [0.05, 0.1) is 28.1 Å². The van der Waals surface area contributed by atoms with E-state index in [1.54, 1.807) is 32.0 Å². The van der Waals surface area contributed by atoms with Gasteiger partial charge in [-0.1, -0.05) is 5.16 Å². The number of hydrogen-bond donors (Lipinski definition) is 2. The topological polar surface area (TPSA) is 123 Å². The first-order chi connectivity index (χ1) is 14.8. The number of anilines is 1. The molecule has 1 amide bonds. The second-order valence-electron chi connectivity index (χ2n) is 7.77. The number of amides is 1. The van der Waals surface area contributed by atoms with Crippen LogP contribution in [0.25, 0.3) is 11.1 Å². The minimum absolute atomic E-state index is 0.102. The second-order valence-corrected chi connectivity index (χ2v) is 9.49. The lowest BCUT2D eigenvalue weighted by Gasteiger charge is -2.13. The van der Waals surface area contributed by atoms with Crippen LogP contribution in [-0.4, -0.2) is 44.2 Å². The summed E-state index contributed by atoms with van der Waals surface area (Å²) in [6, 6.07) is 7.41. The van der Waals surface area contributed by atoms with E-state index < -0.39 is 10.0 Å². The standard InChI is InChI=1S/C21H24N4O5S/c1-12(11-29-3)25-31(27,28)16-8-6-15(7-9-16)22-20(26)17-10-18(14-4-5-14)23-21-19(17)13(2)24-30-21/h6-10,12,14,25H,4-5,11H2,1-3H3,(H,22,26)/t12-/m1/s1. The van der Waals surface area contributed by atoms with Crippen LogP contribution in [0, 0.1) is 6.92 Å². The molecule has 0 unspecified atom stereocenters. The van der Waals surface area contributed by atoms with E-state index in [4.69, 9.17) is 9.26 Å². The summed E-state index contributed by atoms with van der Waals surface area (Å²) in [7, 11) is -2.18. The predicted molar refractivity (Wildman–Crippen MR) is 115 cm³/mol. The summed E-state index contributed by atoms with van der Waals surface area (Å²) in [6.07, 6.45) is 2.08. The van der Waals surface area contributed by atoms with E-state index in [2.05, 4.69) is 20.2 Å². The lowest BCUT2D eigenvalue weighted by atomic mass is 10.1. The third-order valence-corrected chi connectivity index (χ3v) is 6.68. The molecule has 4 rings (SSSR count). The van der Waals surface area contributed by atoms with Crippen molar-refractivity contribution in [3.8, 4) is 0 Å². The van der Waals surface area contributed by atoms with Gasteiger partial charge < -0.3 is 14.6 Å². The zero-order valence-electron chi connectivity index (χ0n) is 17.5. The fourth-order valence-corrected chi connectivity index (χ4v) is 4.64. The van der Waals surface area contributed by atoms with Crippen molar-refractivity contribution in [2.24, 2.45) is 0 Å². The molecule has 1 aliphatic rings. The van der Waals surface area contributed by atoms with E-state index >= 15 is 0 Å². The van der Waals surface area contributed by atoms with E-state index in [1.807, 2.05) is 0 Å². The van der Waals surface area contributed by atoms with E-state index in [-0.39, 0.29) is 23.5 Å². The lowest BCUT2D eigenvalue weighted by molar-refractivity contribution is 0.102. The number of ether oxygens (including phenoxy) is 1. The third-order valence-electron chi connectivity index (χ3n) is 5.07. The molecule has 2 aromatic heterocycles. The van der Waals surface area contributed by atoms with Crippen LogP contribution >= 0.6 is 0 Å². The van der Waals surface area contributed by atoms with Gasteiger partial charge in [0.15, 0.2) is 0 Å². The number of sulfonamides is 1. The van der Waals surface area contributed by atoms with Gasteiger partial charge in [-0.25, -0.2) is 18.1 Å². The number of hydrogen-bond acceptors (Lipinski definition) is 7. The van der Waals surface area contributed by atoms with E-state index in [9.17, 15) is 13.2 Å². The van der Waals surface area contributed by atoms with Gasteiger partial charge in [0, 0.05) is 30.5 Å². The summed E-state index contributed by atoms with van der Waals surface area (Å²) in [4.78, 5) is 17.6. The van der Waals surface area contributed by atoms with Crippen molar-refractivity contribution >= 4 is 32.7 Å². The Hall–Kier alpha value is -2.82. The largest absolute Gasteiger partial charge is 0.383 e. The molecule has 2 N–H and O–H groups in total. The van der Waals surface area contributed by atoms with Gasteiger partial charge in [-0.3, -0.25) is 4.79 Å². The van der Waals surface area contributed by atoms with Gasteiger partial charge in [-0.05, 0) is 57.0 Å². The number of pyridine rings is 1. The summed E-state index contributed by atoms with van der Waals surface area (Å²) < 4.78 is 37.7. The van der Waals surface area contributed by atoms with Crippen LogP contribution < -0.4 is 10.0 Å². The maximum atomic E-state index is 13.0. The molecular formula is C21H24N4O5S. The number of aromatic nitrogens is 2. The molecule has 2 heterocycles. The summed E-state index contributed by atoms with van der Waals surface area (Å²) in [5.74, 6) is 0.0156. The second kappa shape index (κ2) is 8.37. The van der Waals surface area contributed by atoms with Gasteiger partial charge in [0.2, 0.25) is 10.0 Å². The van der Waals surface area contributed by atoms with E-state index in [0.29, 0.717) is 34.0 Å². The minimum Gasteiger partial charge on any atom is -0.383 e. The normalized spacial score (nSPS) is 15.2. The van der Waals surface area contributed by atoms with Gasteiger partial charge in [0.25, 0.3) is 11.6 Å². The molecule has 3 aromatic rings. The zero-order chi connectivity index (χ0) is 22.2. The lowest BCUT2D eigenvalue weighted by Crippen LogP contribution is -2.35. The van der Waals surface area contributed by atoms with Crippen molar-refractivity contribution in [1.29, 1.82) is 0 Å². The number of fused-ring (bicyclic) bond motifs is 1. The summed E-state index contributed by atoms with van der Waals surface area (Å²) in [6.45, 7) is 3.74. The van der Waals surface area contributed by atoms with Gasteiger partial charge in [-0.2, -0.15) is 0 Å². The Bertz CT molecular complexity index is 1220. The Morgan fingerprint density at radius 1 is 1.29 bits per heavy atom. The van der Waals surface area contributed by atoms with Crippen molar-refractivity contribution in [2.45, 2.75) is 43.5 Å². The number of nitrogens with zero attached hydrogens (tertiary/aromatic N) is 2. The Kier molecular flexibility index (Phi) is 5.78. The molecule has 1 fully saturated rings. The molecule has 31 heavy (non-hydrogen) atoms. The number of aryl methyl sites for hydroxylation is 1. The molecule has 164 valence electrons. The predicted octanol–water partition coefficient (Wildman–Crippen LogP) is 2.97. The zero-order valence-corrected chi connectivity index (χ0v) is 18.3. The van der Waals surface area contributed by atoms with Crippen LogP contribution in [0.2, 0.25) is 0 Å². The molecule has 0 bridgehead atoms. The molecule has 1 saturated carbocycles. The van der Waals surface area contributed by atoms with Gasteiger partial charge >= 0.3 is 0 Å². The Balaban J connectivity index is 1.55. The molecule has 1 aromatic carbocycles. The molecule has 0 spiro atoms. The highest BCUT2D eigenvalue weighted by molar-refractivity contribution is 7.89. The van der Waals surface area contributed by atoms with Crippen LogP contribution in [-0.2, 0) is 14.8 Å². The fourth-order valence-electron chi connectivity index (χ4n) is 3.41. The molecule has 10 heteroatoms. The highest BCUT2D eigenvalue weighted by Crippen LogP contribution is 2.40. The van der Waals surface area contributed by atoms with Crippen LogP contribution in [0.1, 0.15) is 47.4 Å². The first-order valence-corrected chi connectivity index (χ1v) is 11.5. The highest BCUT2D eigenvalue weighted by Gasteiger charge is 2.28. The summed E-state index contributed by atoms with van der Waals surface area (Å²) in [5.41, 5.74) is 2.68. The molecule has 1 atom stereocenters. The average molecular weight is 445 g/mol. The van der Waals surface area contributed by atoms with Gasteiger partial charge in [0.1, 0.15) is 0 Å². The number of methoxy groups -OCH3 is 1. The molecular weight excluding hydrogens is 420 g/mol. The van der Waals surface area contributed by atoms with Crippen molar-refractivity contribution < 1.29 is 22.5 Å². The Labute approximate surface area is 180 Å². The minimum atomic E-state index is -3.69. The van der Waals surface area contributed by atoms with Crippen LogP contribution in [0.5, 0.6) is 0 Å². The Morgan fingerprint density at radius 2 is 2.00 bits per heavy atom. The summed E-state index contributed by atoms with van der Waals surface area (Å²) in [5, 5.41) is 7.35. The number of benzene rings is 1. The molecule has 1 aliphatic carbocycles. The average Bonchev–Trinajstić information content (AvgIpc) is 3.51. The van der Waals surface area contributed by atoms with Crippen molar-refractivity contribution in [1.82, 2.24) is 14.9 Å². The van der Waals surface area contributed by atoms with Crippen LogP contribution in [0.3, 0.4) is 0 Å². The SMILES string of the molecule is COC[C@@H](C)NS(=O)(=O)c1ccc(NC(=O)c2cc(C3CC3)nc3onc(C)c23)cc1. The smallest absolute Gasteiger partial charge is 0.259 e. The summed E-state index contributed by atoms with van der Waals surface area (Å²) >= 11 is 0. The first kappa shape index (κ1) is 21.4. The van der Waals surface area contributed by atoms with E-state index in [1.165, 1.54) is 19.2 Å². The fraction of sp³-hybridized carbons (Fsp3) is 0.381. The van der Waals surface area contributed by atoms with Gasteiger partial charge in [-0.15, -0.1) is 0 Å². The van der Waals surface area contributed by atoms with Crippen LogP contribution in [0.15, 0.2) is 39.8 Å². The van der Waals surface area contributed by atoms with Crippen molar-refractivity contribution in [3.05, 3.63) is 47.3 Å². The molecule has 9 nitrogen and oxygen atoms in total. The molecule has 0 aliphatic heterocycles. The number of carbonyl (C=O) groups is 1.